The molecular weight excluding hydrogens is 386 g/mol. The quantitative estimate of drug-likeness (QED) is 0.545. The van der Waals surface area contributed by atoms with Crippen LogP contribution in [0.1, 0.15) is 17.3 Å². The van der Waals surface area contributed by atoms with Crippen LogP contribution >= 0.6 is 22.9 Å². The molecule has 0 spiro atoms. The Hall–Kier alpha value is -2.97. The number of amides is 1. The van der Waals surface area contributed by atoms with Gasteiger partial charge in [-0.1, -0.05) is 35.1 Å². The second-order valence-corrected chi connectivity index (χ2v) is 6.91. The molecule has 7 nitrogen and oxygen atoms in total. The second kappa shape index (κ2) is 7.34. The van der Waals surface area contributed by atoms with E-state index in [4.69, 9.17) is 16.3 Å². The predicted octanol–water partition coefficient (Wildman–Crippen LogP) is 4.16. The predicted molar refractivity (Wildman–Crippen MR) is 105 cm³/mol. The van der Waals surface area contributed by atoms with Crippen LogP contribution in [0.3, 0.4) is 0 Å². The maximum atomic E-state index is 12.6. The number of rotatable bonds is 5. The van der Waals surface area contributed by atoms with Gasteiger partial charge in [-0.25, -0.2) is 0 Å². The number of carbonyl (C=O) groups excluding carboxylic acids is 1. The molecule has 0 aliphatic carbocycles. The lowest BCUT2D eigenvalue weighted by Crippen LogP contribution is -2.13. The molecular formula is C18H14ClN5O2S. The van der Waals surface area contributed by atoms with Crippen molar-refractivity contribution in [3.63, 3.8) is 0 Å². The minimum absolute atomic E-state index is 0.294. The van der Waals surface area contributed by atoms with Crippen molar-refractivity contribution in [2.45, 2.75) is 6.92 Å². The molecule has 4 rings (SSSR count). The third-order valence-corrected chi connectivity index (χ3v) is 4.81. The minimum atomic E-state index is -0.294. The molecule has 0 aliphatic heterocycles. The Morgan fingerprint density at radius 2 is 1.96 bits per heavy atom. The van der Waals surface area contributed by atoms with Gasteiger partial charge in [-0.05, 0) is 43.3 Å². The molecule has 0 saturated carbocycles. The van der Waals surface area contributed by atoms with Crippen molar-refractivity contribution in [3.05, 3.63) is 59.1 Å². The summed E-state index contributed by atoms with van der Waals surface area (Å²) < 4.78 is 7.11. The lowest BCUT2D eigenvalue weighted by Gasteiger charge is -2.08. The fourth-order valence-corrected chi connectivity index (χ4v) is 3.41. The SMILES string of the molecule is CCOc1ccccc1C(=O)Nc1nn2c(-c3ccc(Cl)cc3)nnc2s1. The number of fused-ring (bicyclic) bond motifs is 1. The molecule has 2 aromatic carbocycles. The summed E-state index contributed by atoms with van der Waals surface area (Å²) in [4.78, 5) is 13.2. The molecule has 9 heteroatoms. The number of ether oxygens (including phenoxy) is 1. The summed E-state index contributed by atoms with van der Waals surface area (Å²) in [6.45, 7) is 2.35. The topological polar surface area (TPSA) is 81.4 Å². The molecule has 0 aliphatic rings. The van der Waals surface area contributed by atoms with Crippen LogP contribution in [0.15, 0.2) is 48.5 Å². The number of hydrogen-bond acceptors (Lipinski definition) is 6. The van der Waals surface area contributed by atoms with E-state index in [2.05, 4.69) is 20.6 Å². The smallest absolute Gasteiger partial charge is 0.261 e. The average Bonchev–Trinajstić information content (AvgIpc) is 3.23. The highest BCUT2D eigenvalue weighted by atomic mass is 35.5. The maximum Gasteiger partial charge on any atom is 0.261 e. The highest BCUT2D eigenvalue weighted by Crippen LogP contribution is 2.26. The second-order valence-electron chi connectivity index (χ2n) is 5.52. The first-order valence-corrected chi connectivity index (χ1v) is 9.36. The van der Waals surface area contributed by atoms with E-state index in [1.165, 1.54) is 11.3 Å². The molecule has 4 aromatic rings. The van der Waals surface area contributed by atoms with Gasteiger partial charge >= 0.3 is 0 Å². The van der Waals surface area contributed by atoms with Crippen molar-refractivity contribution in [1.29, 1.82) is 0 Å². The van der Waals surface area contributed by atoms with Gasteiger partial charge in [0.05, 0.1) is 12.2 Å². The van der Waals surface area contributed by atoms with Gasteiger partial charge in [0.2, 0.25) is 10.1 Å². The molecule has 1 N–H and O–H groups in total. The van der Waals surface area contributed by atoms with E-state index in [0.717, 1.165) is 5.56 Å². The summed E-state index contributed by atoms with van der Waals surface area (Å²) in [5, 5.41) is 16.6. The van der Waals surface area contributed by atoms with E-state index in [9.17, 15) is 4.79 Å². The molecule has 2 aromatic heterocycles. The van der Waals surface area contributed by atoms with E-state index in [1.807, 2.05) is 25.1 Å². The lowest BCUT2D eigenvalue weighted by atomic mass is 10.2. The van der Waals surface area contributed by atoms with Crippen LogP contribution in [-0.4, -0.2) is 32.3 Å². The number of anilines is 1. The summed E-state index contributed by atoms with van der Waals surface area (Å²) in [6.07, 6.45) is 0. The molecule has 0 bridgehead atoms. The van der Waals surface area contributed by atoms with E-state index < -0.39 is 0 Å². The van der Waals surface area contributed by atoms with Crippen LogP contribution in [0.2, 0.25) is 5.02 Å². The van der Waals surface area contributed by atoms with Gasteiger partial charge in [-0.2, -0.15) is 4.52 Å². The highest BCUT2D eigenvalue weighted by molar-refractivity contribution is 7.20. The molecule has 27 heavy (non-hydrogen) atoms. The van der Waals surface area contributed by atoms with Gasteiger partial charge in [0.1, 0.15) is 5.75 Å². The Morgan fingerprint density at radius 3 is 2.74 bits per heavy atom. The molecule has 1 amide bonds. The monoisotopic (exact) mass is 399 g/mol. The van der Waals surface area contributed by atoms with Gasteiger partial charge in [0.25, 0.3) is 5.91 Å². The van der Waals surface area contributed by atoms with Crippen LogP contribution in [0.25, 0.3) is 16.3 Å². The first-order chi connectivity index (χ1) is 13.2. The number of para-hydroxylation sites is 1. The number of benzene rings is 2. The minimum Gasteiger partial charge on any atom is -0.493 e. The Balaban J connectivity index is 1.62. The summed E-state index contributed by atoms with van der Waals surface area (Å²) >= 11 is 7.17. The zero-order chi connectivity index (χ0) is 18.8. The Bertz CT molecular complexity index is 1110. The fourth-order valence-electron chi connectivity index (χ4n) is 2.55. The van der Waals surface area contributed by atoms with Crippen molar-refractivity contribution in [1.82, 2.24) is 19.8 Å². The maximum absolute atomic E-state index is 12.6. The fraction of sp³-hybridized carbons (Fsp3) is 0.111. The van der Waals surface area contributed by atoms with Crippen LogP contribution in [0.5, 0.6) is 5.75 Å². The van der Waals surface area contributed by atoms with Crippen molar-refractivity contribution in [2.24, 2.45) is 0 Å². The van der Waals surface area contributed by atoms with Gasteiger partial charge < -0.3 is 4.74 Å². The van der Waals surface area contributed by atoms with E-state index in [1.54, 1.807) is 34.8 Å². The molecule has 0 atom stereocenters. The lowest BCUT2D eigenvalue weighted by molar-refractivity contribution is 0.102. The van der Waals surface area contributed by atoms with E-state index in [-0.39, 0.29) is 5.91 Å². The van der Waals surface area contributed by atoms with Crippen molar-refractivity contribution in [3.8, 4) is 17.1 Å². The van der Waals surface area contributed by atoms with Gasteiger partial charge in [0.15, 0.2) is 5.82 Å². The van der Waals surface area contributed by atoms with E-state index in [0.29, 0.717) is 38.9 Å². The number of carbonyl (C=O) groups is 1. The van der Waals surface area contributed by atoms with Crippen molar-refractivity contribution < 1.29 is 9.53 Å². The summed E-state index contributed by atoms with van der Waals surface area (Å²) in [6, 6.07) is 14.3. The van der Waals surface area contributed by atoms with Crippen LogP contribution in [-0.2, 0) is 0 Å². The summed E-state index contributed by atoms with van der Waals surface area (Å²) in [7, 11) is 0. The largest absolute Gasteiger partial charge is 0.493 e. The Morgan fingerprint density at radius 1 is 1.19 bits per heavy atom. The average molecular weight is 400 g/mol. The third-order valence-electron chi connectivity index (χ3n) is 3.75. The van der Waals surface area contributed by atoms with Crippen molar-refractivity contribution in [2.75, 3.05) is 11.9 Å². The molecule has 0 saturated heterocycles. The van der Waals surface area contributed by atoms with Crippen molar-refractivity contribution >= 4 is 38.9 Å². The molecule has 2 heterocycles. The van der Waals surface area contributed by atoms with Crippen LogP contribution < -0.4 is 10.1 Å². The molecule has 0 radical (unpaired) electrons. The van der Waals surface area contributed by atoms with Gasteiger partial charge in [-0.15, -0.1) is 15.3 Å². The summed E-state index contributed by atoms with van der Waals surface area (Å²) in [5.41, 5.74) is 1.28. The molecule has 136 valence electrons. The van der Waals surface area contributed by atoms with Gasteiger partial charge in [-0.3, -0.25) is 10.1 Å². The zero-order valence-corrected chi connectivity index (χ0v) is 15.8. The molecule has 0 unspecified atom stereocenters. The summed E-state index contributed by atoms with van der Waals surface area (Å²) in [5.74, 6) is 0.813. The van der Waals surface area contributed by atoms with Crippen LogP contribution in [0.4, 0.5) is 5.13 Å². The van der Waals surface area contributed by atoms with E-state index >= 15 is 0 Å². The Kier molecular flexibility index (Phi) is 4.74. The number of hydrogen-bond donors (Lipinski definition) is 1. The number of nitrogens with zero attached hydrogens (tertiary/aromatic N) is 4. The normalized spacial score (nSPS) is 10.9. The zero-order valence-electron chi connectivity index (χ0n) is 14.2. The number of nitrogens with one attached hydrogen (secondary N) is 1. The number of aromatic nitrogens is 4. The Labute approximate surface area is 163 Å². The third kappa shape index (κ3) is 3.49. The highest BCUT2D eigenvalue weighted by Gasteiger charge is 2.17. The van der Waals surface area contributed by atoms with Gasteiger partial charge in [0, 0.05) is 10.6 Å². The van der Waals surface area contributed by atoms with Crippen LogP contribution in [0, 0.1) is 0 Å². The number of halogens is 1. The first kappa shape index (κ1) is 17.4. The first-order valence-electron chi connectivity index (χ1n) is 8.17. The molecule has 0 fully saturated rings. The standard InChI is InChI=1S/C18H14ClN5O2S/c1-2-26-14-6-4-3-5-13(14)16(25)20-17-23-24-15(21-22-18(24)27-17)11-7-9-12(19)10-8-11/h3-10H,2H2,1H3,(H,20,23,25).